The molecule has 0 saturated carbocycles. The monoisotopic (exact) mass is 289 g/mol. The number of hydrogen-bond acceptors (Lipinski definition) is 4. The number of rotatable bonds is 6. The van der Waals surface area contributed by atoms with Crippen LogP contribution in [0.2, 0.25) is 0 Å². The van der Waals surface area contributed by atoms with Gasteiger partial charge in [0, 0.05) is 6.04 Å². The average molecular weight is 289 g/mol. The Hall–Kier alpha value is -1.26. The summed E-state index contributed by atoms with van der Waals surface area (Å²) in [6.07, 6.45) is 1.95. The molecule has 0 aliphatic rings. The Bertz CT molecular complexity index is 542. The summed E-state index contributed by atoms with van der Waals surface area (Å²) in [7, 11) is 0. The molecule has 0 radical (unpaired) electrons. The minimum absolute atomic E-state index is 0.315. The highest BCUT2D eigenvalue weighted by Gasteiger charge is 2.19. The van der Waals surface area contributed by atoms with Gasteiger partial charge in [-0.3, -0.25) is 0 Å². The van der Waals surface area contributed by atoms with Crippen molar-refractivity contribution in [1.29, 1.82) is 0 Å². The molecule has 0 amide bonds. The van der Waals surface area contributed by atoms with E-state index in [0.717, 1.165) is 25.1 Å². The highest BCUT2D eigenvalue weighted by molar-refractivity contribution is 7.05. The molecule has 108 valence electrons. The van der Waals surface area contributed by atoms with Crippen molar-refractivity contribution < 1.29 is 0 Å². The third-order valence-electron chi connectivity index (χ3n) is 3.74. The zero-order valence-electron chi connectivity index (χ0n) is 12.7. The van der Waals surface area contributed by atoms with Crippen molar-refractivity contribution in [3.63, 3.8) is 0 Å². The largest absolute Gasteiger partial charge is 0.309 e. The van der Waals surface area contributed by atoms with Gasteiger partial charge in [-0.2, -0.15) is 0 Å². The van der Waals surface area contributed by atoms with Gasteiger partial charge in [-0.15, -0.1) is 5.10 Å². The van der Waals surface area contributed by atoms with Crippen LogP contribution in [-0.4, -0.2) is 16.1 Å². The smallest absolute Gasteiger partial charge is 0.0801 e. The van der Waals surface area contributed by atoms with E-state index in [4.69, 9.17) is 0 Å². The maximum Gasteiger partial charge on any atom is 0.0801 e. The Morgan fingerprint density at radius 1 is 1.20 bits per heavy atom. The first-order chi connectivity index (χ1) is 9.67. The molecule has 1 aromatic carbocycles. The van der Waals surface area contributed by atoms with E-state index in [9.17, 15) is 0 Å². The Kier molecular flexibility index (Phi) is 5.26. The lowest BCUT2D eigenvalue weighted by Crippen LogP contribution is -2.23. The molecule has 0 aliphatic carbocycles. The maximum atomic E-state index is 4.25. The molecule has 0 spiro atoms. The number of hydrogen-bond donors (Lipinski definition) is 1. The van der Waals surface area contributed by atoms with Crippen molar-refractivity contribution in [1.82, 2.24) is 14.9 Å². The van der Waals surface area contributed by atoms with Crippen LogP contribution < -0.4 is 5.32 Å². The molecule has 0 fully saturated rings. The van der Waals surface area contributed by atoms with Crippen molar-refractivity contribution in [2.45, 2.75) is 46.6 Å². The van der Waals surface area contributed by atoms with Gasteiger partial charge in [0.2, 0.25) is 0 Å². The highest BCUT2D eigenvalue weighted by atomic mass is 32.1. The van der Waals surface area contributed by atoms with Crippen LogP contribution >= 0.6 is 11.5 Å². The lowest BCUT2D eigenvalue weighted by molar-refractivity contribution is 0.551. The molecule has 2 aromatic rings. The summed E-state index contributed by atoms with van der Waals surface area (Å²) >= 11 is 1.53. The molecule has 1 heterocycles. The van der Waals surface area contributed by atoms with Gasteiger partial charge in [0.15, 0.2) is 0 Å². The molecule has 1 N–H and O–H groups in total. The quantitative estimate of drug-likeness (QED) is 0.882. The summed E-state index contributed by atoms with van der Waals surface area (Å²) in [6, 6.07) is 6.82. The van der Waals surface area contributed by atoms with Gasteiger partial charge in [-0.05, 0) is 61.5 Å². The van der Waals surface area contributed by atoms with Gasteiger partial charge < -0.3 is 5.32 Å². The molecular weight excluding hydrogens is 266 g/mol. The van der Waals surface area contributed by atoms with Gasteiger partial charge in [-0.25, -0.2) is 0 Å². The van der Waals surface area contributed by atoms with Gasteiger partial charge in [0.25, 0.3) is 0 Å². The highest BCUT2D eigenvalue weighted by Crippen LogP contribution is 2.27. The van der Waals surface area contributed by atoms with E-state index < -0.39 is 0 Å². The van der Waals surface area contributed by atoms with Crippen LogP contribution in [0.1, 0.15) is 47.2 Å². The molecule has 4 heteroatoms. The second-order valence-electron chi connectivity index (χ2n) is 5.12. The number of nitrogens with zero attached hydrogens (tertiary/aromatic N) is 2. The molecule has 0 saturated heterocycles. The summed E-state index contributed by atoms with van der Waals surface area (Å²) in [5.74, 6) is 0. The van der Waals surface area contributed by atoms with Gasteiger partial charge >= 0.3 is 0 Å². The fourth-order valence-corrected chi connectivity index (χ4v) is 3.42. The predicted molar refractivity (Wildman–Crippen MR) is 85.3 cm³/mol. The topological polar surface area (TPSA) is 37.8 Å². The Labute approximate surface area is 125 Å². The maximum absolute atomic E-state index is 4.25. The molecule has 3 nitrogen and oxygen atoms in total. The van der Waals surface area contributed by atoms with Gasteiger partial charge in [-0.1, -0.05) is 36.5 Å². The van der Waals surface area contributed by atoms with Crippen LogP contribution in [-0.2, 0) is 12.8 Å². The first kappa shape index (κ1) is 15.1. The van der Waals surface area contributed by atoms with E-state index in [1.54, 1.807) is 0 Å². The Morgan fingerprint density at radius 3 is 2.50 bits per heavy atom. The third kappa shape index (κ3) is 3.25. The third-order valence-corrected chi connectivity index (χ3v) is 4.62. The standard InChI is InChI=1S/C16H23N3S/c1-5-14-16(20-19-18-14)15(17-6-2)10-13-11(3)8-7-9-12(13)4/h7-9,15,17H,5-6,10H2,1-4H3. The average Bonchev–Trinajstić information content (AvgIpc) is 2.90. The number of aromatic nitrogens is 2. The molecule has 1 aromatic heterocycles. The van der Waals surface area contributed by atoms with Crippen LogP contribution in [0.3, 0.4) is 0 Å². The van der Waals surface area contributed by atoms with Crippen molar-refractivity contribution in [2.75, 3.05) is 6.54 Å². The van der Waals surface area contributed by atoms with E-state index in [1.165, 1.54) is 33.1 Å². The van der Waals surface area contributed by atoms with Crippen LogP contribution in [0.25, 0.3) is 0 Å². The fraction of sp³-hybridized carbons (Fsp3) is 0.500. The minimum atomic E-state index is 0.315. The minimum Gasteiger partial charge on any atom is -0.309 e. The van der Waals surface area contributed by atoms with Crippen LogP contribution in [0, 0.1) is 13.8 Å². The second kappa shape index (κ2) is 6.95. The van der Waals surface area contributed by atoms with Crippen LogP contribution in [0.4, 0.5) is 0 Å². The lowest BCUT2D eigenvalue weighted by atomic mass is 9.95. The first-order valence-electron chi connectivity index (χ1n) is 7.26. The van der Waals surface area contributed by atoms with Crippen LogP contribution in [0.15, 0.2) is 18.2 Å². The molecule has 0 bridgehead atoms. The molecule has 2 rings (SSSR count). The normalized spacial score (nSPS) is 12.6. The van der Waals surface area contributed by atoms with E-state index in [0.29, 0.717) is 6.04 Å². The SMILES string of the molecule is CCNC(Cc1c(C)cccc1C)c1snnc1CC. The summed E-state index contributed by atoms with van der Waals surface area (Å²) < 4.78 is 4.13. The van der Waals surface area contributed by atoms with E-state index in [2.05, 4.69) is 60.8 Å². The van der Waals surface area contributed by atoms with Crippen molar-refractivity contribution in [3.8, 4) is 0 Å². The molecule has 0 aliphatic heterocycles. The van der Waals surface area contributed by atoms with Crippen molar-refractivity contribution in [2.24, 2.45) is 0 Å². The number of nitrogens with one attached hydrogen (secondary N) is 1. The second-order valence-corrected chi connectivity index (χ2v) is 5.91. The van der Waals surface area contributed by atoms with Gasteiger partial charge in [0.1, 0.15) is 0 Å². The molecule has 20 heavy (non-hydrogen) atoms. The summed E-state index contributed by atoms with van der Waals surface area (Å²) in [6.45, 7) is 9.63. The zero-order valence-corrected chi connectivity index (χ0v) is 13.5. The lowest BCUT2D eigenvalue weighted by Gasteiger charge is -2.19. The summed E-state index contributed by atoms with van der Waals surface area (Å²) in [5.41, 5.74) is 5.30. The fourth-order valence-electron chi connectivity index (χ4n) is 2.60. The summed E-state index contributed by atoms with van der Waals surface area (Å²) in [5, 5.41) is 7.85. The number of benzene rings is 1. The zero-order chi connectivity index (χ0) is 14.5. The Morgan fingerprint density at radius 2 is 1.90 bits per heavy atom. The molecular formula is C16H23N3S. The molecule has 1 atom stereocenters. The van der Waals surface area contributed by atoms with Crippen molar-refractivity contribution in [3.05, 3.63) is 45.5 Å². The van der Waals surface area contributed by atoms with Crippen LogP contribution in [0.5, 0.6) is 0 Å². The number of aryl methyl sites for hydroxylation is 3. The Balaban J connectivity index is 2.30. The van der Waals surface area contributed by atoms with E-state index in [1.807, 2.05) is 0 Å². The number of likely N-dealkylation sites (N-methyl/N-ethyl adjacent to an activating group) is 1. The van der Waals surface area contributed by atoms with E-state index >= 15 is 0 Å². The summed E-state index contributed by atoms with van der Waals surface area (Å²) in [4.78, 5) is 1.29. The van der Waals surface area contributed by atoms with E-state index in [-0.39, 0.29) is 0 Å². The first-order valence-corrected chi connectivity index (χ1v) is 8.04. The molecule has 1 unspecified atom stereocenters. The van der Waals surface area contributed by atoms with Crippen molar-refractivity contribution >= 4 is 11.5 Å². The predicted octanol–water partition coefficient (Wildman–Crippen LogP) is 3.61. The van der Waals surface area contributed by atoms with Gasteiger partial charge in [0.05, 0.1) is 10.6 Å².